The molecule has 9 heteroatoms. The lowest BCUT2D eigenvalue weighted by atomic mass is 9.96. The average molecular weight is 461 g/mol. The number of methoxy groups -OCH3 is 1. The number of carbonyl (C=O) groups excluding carboxylic acids is 2. The van der Waals surface area contributed by atoms with Gasteiger partial charge in [0, 0.05) is 25.2 Å². The zero-order valence-electron chi connectivity index (χ0n) is 18.2. The quantitative estimate of drug-likeness (QED) is 0.608. The summed E-state index contributed by atoms with van der Waals surface area (Å²) in [7, 11) is -2.54. The van der Waals surface area contributed by atoms with E-state index in [1.165, 1.54) is 19.2 Å². The van der Waals surface area contributed by atoms with Crippen LogP contribution in [0.15, 0.2) is 53.4 Å². The maximum absolute atomic E-state index is 13.0. The van der Waals surface area contributed by atoms with Gasteiger partial charge in [0.15, 0.2) is 0 Å². The summed E-state index contributed by atoms with van der Waals surface area (Å²) in [6.07, 6.45) is 1.04. The van der Waals surface area contributed by atoms with E-state index in [1.54, 1.807) is 17.9 Å². The fraction of sp³-hybridized carbons (Fsp3) is 0.391. The maximum atomic E-state index is 13.0. The fourth-order valence-electron chi connectivity index (χ4n) is 3.63. The molecule has 172 valence electrons. The molecular formula is C23H28N2O6S. The van der Waals surface area contributed by atoms with Crippen LogP contribution < -0.4 is 9.46 Å². The van der Waals surface area contributed by atoms with Crippen molar-refractivity contribution in [1.82, 2.24) is 9.62 Å². The first kappa shape index (κ1) is 23.7. The van der Waals surface area contributed by atoms with Gasteiger partial charge in [-0.25, -0.2) is 13.1 Å². The summed E-state index contributed by atoms with van der Waals surface area (Å²) in [5.41, 5.74) is 1.06. The second-order valence-corrected chi connectivity index (χ2v) is 9.23. The molecule has 0 radical (unpaired) electrons. The van der Waals surface area contributed by atoms with Crippen molar-refractivity contribution < 1.29 is 27.5 Å². The molecule has 0 aromatic heterocycles. The van der Waals surface area contributed by atoms with Crippen molar-refractivity contribution in [2.75, 3.05) is 26.8 Å². The number of benzene rings is 2. The first-order chi connectivity index (χ1) is 15.4. The lowest BCUT2D eigenvalue weighted by Gasteiger charge is -2.31. The summed E-state index contributed by atoms with van der Waals surface area (Å²) in [4.78, 5) is 26.5. The zero-order chi connectivity index (χ0) is 23.1. The molecule has 2 aromatic carbocycles. The fourth-order valence-corrected chi connectivity index (χ4v) is 4.84. The molecule has 1 saturated heterocycles. The Balaban J connectivity index is 1.74. The molecule has 0 unspecified atom stereocenters. The number of hydrogen-bond acceptors (Lipinski definition) is 6. The highest BCUT2D eigenvalue weighted by atomic mass is 32.2. The van der Waals surface area contributed by atoms with Crippen LogP contribution in [0, 0.1) is 5.92 Å². The highest BCUT2D eigenvalue weighted by Gasteiger charge is 2.29. The number of amides is 1. The molecule has 32 heavy (non-hydrogen) atoms. The molecule has 8 nitrogen and oxygen atoms in total. The Kier molecular flexibility index (Phi) is 7.87. The van der Waals surface area contributed by atoms with Gasteiger partial charge in [0.2, 0.25) is 10.0 Å². The van der Waals surface area contributed by atoms with Crippen LogP contribution in [0.5, 0.6) is 5.75 Å². The summed E-state index contributed by atoms with van der Waals surface area (Å²) in [6, 6.07) is 13.5. The van der Waals surface area contributed by atoms with Gasteiger partial charge < -0.3 is 14.4 Å². The van der Waals surface area contributed by atoms with Crippen LogP contribution in [0.2, 0.25) is 0 Å². The molecule has 0 aliphatic carbocycles. The number of hydrogen-bond donors (Lipinski definition) is 1. The standard InChI is InChI=1S/C23H28N2O6S/c1-3-31-23(27)18-11-13-25(14-12-18)22(26)19-9-10-20(30-2)21(15-19)32(28,29)24-16-17-7-5-4-6-8-17/h4-10,15,18,24H,3,11-14,16H2,1-2H3. The van der Waals surface area contributed by atoms with Gasteiger partial charge in [-0.1, -0.05) is 30.3 Å². The number of nitrogens with one attached hydrogen (secondary N) is 1. The summed E-state index contributed by atoms with van der Waals surface area (Å²) < 4.78 is 38.8. The second kappa shape index (κ2) is 10.6. The predicted molar refractivity (Wildman–Crippen MR) is 119 cm³/mol. The van der Waals surface area contributed by atoms with Gasteiger partial charge in [-0.2, -0.15) is 0 Å². The van der Waals surface area contributed by atoms with E-state index in [2.05, 4.69) is 4.72 Å². The minimum absolute atomic E-state index is 0.0943. The molecule has 0 atom stereocenters. The molecule has 1 aliphatic heterocycles. The van der Waals surface area contributed by atoms with Crippen molar-refractivity contribution in [2.24, 2.45) is 5.92 Å². The number of nitrogens with zero attached hydrogens (tertiary/aromatic N) is 1. The number of rotatable bonds is 8. The van der Waals surface area contributed by atoms with Crippen LogP contribution in [0.4, 0.5) is 0 Å². The minimum atomic E-state index is -3.92. The van der Waals surface area contributed by atoms with E-state index in [-0.39, 0.29) is 40.5 Å². The van der Waals surface area contributed by atoms with E-state index in [0.29, 0.717) is 32.5 Å². The summed E-state index contributed by atoms with van der Waals surface area (Å²) >= 11 is 0. The summed E-state index contributed by atoms with van der Waals surface area (Å²) in [6.45, 7) is 3.03. The van der Waals surface area contributed by atoms with Crippen molar-refractivity contribution >= 4 is 21.9 Å². The van der Waals surface area contributed by atoms with Crippen LogP contribution in [-0.4, -0.2) is 52.0 Å². The maximum Gasteiger partial charge on any atom is 0.309 e. The van der Waals surface area contributed by atoms with Crippen molar-refractivity contribution in [3.05, 3.63) is 59.7 Å². The van der Waals surface area contributed by atoms with E-state index in [4.69, 9.17) is 9.47 Å². The molecule has 2 aromatic rings. The van der Waals surface area contributed by atoms with Gasteiger partial charge in [0.25, 0.3) is 5.91 Å². The van der Waals surface area contributed by atoms with E-state index < -0.39 is 10.0 Å². The Morgan fingerprint density at radius 2 is 1.78 bits per heavy atom. The third kappa shape index (κ3) is 5.66. The second-order valence-electron chi connectivity index (χ2n) is 7.49. The summed E-state index contributed by atoms with van der Waals surface area (Å²) in [5, 5.41) is 0. The Morgan fingerprint density at radius 1 is 1.09 bits per heavy atom. The van der Waals surface area contributed by atoms with Gasteiger partial charge in [-0.05, 0) is 43.5 Å². The highest BCUT2D eigenvalue weighted by molar-refractivity contribution is 7.89. The smallest absolute Gasteiger partial charge is 0.309 e. The molecule has 0 spiro atoms. The minimum Gasteiger partial charge on any atom is -0.495 e. The highest BCUT2D eigenvalue weighted by Crippen LogP contribution is 2.27. The topological polar surface area (TPSA) is 102 Å². The largest absolute Gasteiger partial charge is 0.495 e. The number of esters is 1. The molecule has 1 aliphatic rings. The zero-order valence-corrected chi connectivity index (χ0v) is 19.1. The number of ether oxygens (including phenoxy) is 2. The Labute approximate surface area is 188 Å². The Morgan fingerprint density at radius 3 is 2.41 bits per heavy atom. The summed E-state index contributed by atoms with van der Waals surface area (Å²) in [5.74, 6) is -0.576. The van der Waals surface area contributed by atoms with Crippen molar-refractivity contribution in [3.8, 4) is 5.75 Å². The normalized spacial score (nSPS) is 14.8. The van der Waals surface area contributed by atoms with E-state index in [1.807, 2.05) is 30.3 Å². The molecule has 3 rings (SSSR count). The first-order valence-electron chi connectivity index (χ1n) is 10.5. The lowest BCUT2D eigenvalue weighted by Crippen LogP contribution is -2.40. The predicted octanol–water partition coefficient (Wildman–Crippen LogP) is 2.59. The third-order valence-electron chi connectivity index (χ3n) is 5.41. The van der Waals surface area contributed by atoms with E-state index in [9.17, 15) is 18.0 Å². The van der Waals surface area contributed by atoms with Crippen LogP contribution in [-0.2, 0) is 26.1 Å². The number of likely N-dealkylation sites (tertiary alicyclic amines) is 1. The number of piperidine rings is 1. The third-order valence-corrected chi connectivity index (χ3v) is 6.83. The first-order valence-corrected chi connectivity index (χ1v) is 12.0. The molecule has 1 heterocycles. The number of sulfonamides is 1. The van der Waals surface area contributed by atoms with E-state index >= 15 is 0 Å². The molecular weight excluding hydrogens is 432 g/mol. The SMILES string of the molecule is CCOC(=O)C1CCN(C(=O)c2ccc(OC)c(S(=O)(=O)NCc3ccccc3)c2)CC1. The molecule has 0 bridgehead atoms. The van der Waals surface area contributed by atoms with Gasteiger partial charge in [-0.3, -0.25) is 9.59 Å². The van der Waals surface area contributed by atoms with Gasteiger partial charge in [0.05, 0.1) is 19.6 Å². The molecule has 1 amide bonds. The number of carbonyl (C=O) groups is 2. The van der Waals surface area contributed by atoms with Gasteiger partial charge >= 0.3 is 5.97 Å². The van der Waals surface area contributed by atoms with Gasteiger partial charge in [-0.15, -0.1) is 0 Å². The van der Waals surface area contributed by atoms with Crippen molar-refractivity contribution in [2.45, 2.75) is 31.2 Å². The molecule has 1 fully saturated rings. The Bertz CT molecular complexity index is 1050. The molecule has 0 saturated carbocycles. The van der Waals surface area contributed by atoms with E-state index in [0.717, 1.165) is 5.56 Å². The monoisotopic (exact) mass is 460 g/mol. The van der Waals surface area contributed by atoms with Crippen molar-refractivity contribution in [1.29, 1.82) is 0 Å². The van der Waals surface area contributed by atoms with Crippen LogP contribution in [0.1, 0.15) is 35.7 Å². The average Bonchev–Trinajstić information content (AvgIpc) is 2.83. The van der Waals surface area contributed by atoms with Crippen LogP contribution >= 0.6 is 0 Å². The Hall–Kier alpha value is -2.91. The molecule has 1 N–H and O–H groups in total. The van der Waals surface area contributed by atoms with Crippen LogP contribution in [0.3, 0.4) is 0 Å². The lowest BCUT2D eigenvalue weighted by molar-refractivity contribution is -0.149. The van der Waals surface area contributed by atoms with Crippen LogP contribution in [0.25, 0.3) is 0 Å². The van der Waals surface area contributed by atoms with Gasteiger partial charge in [0.1, 0.15) is 10.6 Å². The van der Waals surface area contributed by atoms with Crippen molar-refractivity contribution in [3.63, 3.8) is 0 Å².